The summed E-state index contributed by atoms with van der Waals surface area (Å²) in [6, 6.07) is -0.0148. The summed E-state index contributed by atoms with van der Waals surface area (Å²) >= 11 is 0. The molecule has 5 nitrogen and oxygen atoms in total. The van der Waals surface area contributed by atoms with E-state index in [4.69, 9.17) is 0 Å². The highest BCUT2D eigenvalue weighted by Gasteiger charge is 2.11. The summed E-state index contributed by atoms with van der Waals surface area (Å²) in [7, 11) is 0. The molecule has 116 valence electrons. The number of rotatable bonds is 6. The van der Waals surface area contributed by atoms with Gasteiger partial charge in [-0.1, -0.05) is 12.8 Å². The minimum atomic E-state index is -0.0148. The first-order valence-electron chi connectivity index (χ1n) is 8.31. The van der Waals surface area contributed by atoms with Crippen LogP contribution in [0.2, 0.25) is 0 Å². The van der Waals surface area contributed by atoms with Crippen molar-refractivity contribution in [2.24, 2.45) is 0 Å². The van der Waals surface area contributed by atoms with Crippen LogP contribution in [0.1, 0.15) is 38.5 Å². The van der Waals surface area contributed by atoms with E-state index in [0.29, 0.717) is 0 Å². The standard InChI is InChI=1S/C15H30N4O/c20-15(16-7-13-18-9-3-1-4-10-18)17-8-14-19-11-5-2-6-12-19/h1-14H2,(H2,16,17,20). The lowest BCUT2D eigenvalue weighted by molar-refractivity contribution is 0.213. The van der Waals surface area contributed by atoms with Gasteiger partial charge in [0.25, 0.3) is 0 Å². The average molecular weight is 282 g/mol. The van der Waals surface area contributed by atoms with E-state index in [1.54, 1.807) is 0 Å². The summed E-state index contributed by atoms with van der Waals surface area (Å²) in [5.74, 6) is 0. The Morgan fingerprint density at radius 2 is 1.10 bits per heavy atom. The number of carbonyl (C=O) groups excluding carboxylic acids is 1. The molecule has 2 heterocycles. The van der Waals surface area contributed by atoms with Crippen LogP contribution in [0.3, 0.4) is 0 Å². The number of nitrogens with zero attached hydrogens (tertiary/aromatic N) is 2. The zero-order valence-electron chi connectivity index (χ0n) is 12.7. The Morgan fingerprint density at radius 1 is 0.700 bits per heavy atom. The molecule has 2 fully saturated rings. The molecule has 0 aliphatic carbocycles. The minimum Gasteiger partial charge on any atom is -0.337 e. The summed E-state index contributed by atoms with van der Waals surface area (Å²) < 4.78 is 0. The van der Waals surface area contributed by atoms with Crippen molar-refractivity contribution in [2.45, 2.75) is 38.5 Å². The predicted octanol–water partition coefficient (Wildman–Crippen LogP) is 1.26. The van der Waals surface area contributed by atoms with Crippen molar-refractivity contribution in [1.29, 1.82) is 0 Å². The maximum Gasteiger partial charge on any atom is 0.314 e. The molecular formula is C15H30N4O. The van der Waals surface area contributed by atoms with Gasteiger partial charge in [-0.3, -0.25) is 0 Å². The lowest BCUT2D eigenvalue weighted by atomic mass is 10.1. The van der Waals surface area contributed by atoms with Crippen LogP contribution in [0, 0.1) is 0 Å². The van der Waals surface area contributed by atoms with Gasteiger partial charge in [0.2, 0.25) is 0 Å². The third kappa shape index (κ3) is 6.09. The molecule has 0 radical (unpaired) electrons. The van der Waals surface area contributed by atoms with E-state index in [-0.39, 0.29) is 6.03 Å². The first-order chi connectivity index (χ1) is 9.84. The maximum atomic E-state index is 11.7. The quantitative estimate of drug-likeness (QED) is 0.771. The van der Waals surface area contributed by atoms with Crippen molar-refractivity contribution in [1.82, 2.24) is 20.4 Å². The van der Waals surface area contributed by atoms with Crippen LogP contribution in [0.5, 0.6) is 0 Å². The molecule has 0 aromatic carbocycles. The van der Waals surface area contributed by atoms with E-state index >= 15 is 0 Å². The fourth-order valence-electron chi connectivity index (χ4n) is 3.08. The number of carbonyl (C=O) groups is 1. The van der Waals surface area contributed by atoms with Crippen molar-refractivity contribution in [3.63, 3.8) is 0 Å². The number of hydrogen-bond acceptors (Lipinski definition) is 3. The first-order valence-corrected chi connectivity index (χ1v) is 8.31. The molecule has 0 bridgehead atoms. The van der Waals surface area contributed by atoms with E-state index in [1.165, 1.54) is 64.7 Å². The SMILES string of the molecule is O=C(NCCN1CCCCC1)NCCN1CCCCC1. The highest BCUT2D eigenvalue weighted by Crippen LogP contribution is 2.07. The maximum absolute atomic E-state index is 11.7. The third-order valence-electron chi connectivity index (χ3n) is 4.32. The predicted molar refractivity (Wildman–Crippen MR) is 82.0 cm³/mol. The van der Waals surface area contributed by atoms with Gasteiger partial charge in [0.05, 0.1) is 0 Å². The first kappa shape index (κ1) is 15.6. The second-order valence-corrected chi connectivity index (χ2v) is 5.99. The topological polar surface area (TPSA) is 47.6 Å². The summed E-state index contributed by atoms with van der Waals surface area (Å²) in [6.07, 6.45) is 7.95. The molecule has 5 heteroatoms. The Kier molecular flexibility index (Phi) is 7.15. The van der Waals surface area contributed by atoms with Crippen LogP contribution in [-0.4, -0.2) is 68.2 Å². The van der Waals surface area contributed by atoms with Crippen molar-refractivity contribution in [3.05, 3.63) is 0 Å². The van der Waals surface area contributed by atoms with Crippen LogP contribution >= 0.6 is 0 Å². The summed E-state index contributed by atoms with van der Waals surface area (Å²) in [4.78, 5) is 16.6. The van der Waals surface area contributed by atoms with E-state index in [9.17, 15) is 4.79 Å². The van der Waals surface area contributed by atoms with Crippen LogP contribution in [0.25, 0.3) is 0 Å². The van der Waals surface area contributed by atoms with Gasteiger partial charge in [-0.15, -0.1) is 0 Å². The van der Waals surface area contributed by atoms with Gasteiger partial charge in [0, 0.05) is 26.2 Å². The lowest BCUT2D eigenvalue weighted by Crippen LogP contribution is -2.44. The monoisotopic (exact) mass is 282 g/mol. The number of amides is 2. The number of hydrogen-bond donors (Lipinski definition) is 2. The molecule has 0 atom stereocenters. The third-order valence-corrected chi connectivity index (χ3v) is 4.32. The molecule has 20 heavy (non-hydrogen) atoms. The van der Waals surface area contributed by atoms with Crippen molar-refractivity contribution < 1.29 is 4.79 Å². The molecule has 0 aromatic heterocycles. The summed E-state index contributed by atoms with van der Waals surface area (Å²) in [5.41, 5.74) is 0. The Balaban J connectivity index is 1.45. The smallest absolute Gasteiger partial charge is 0.314 e. The van der Waals surface area contributed by atoms with E-state index in [0.717, 1.165) is 26.2 Å². The van der Waals surface area contributed by atoms with Gasteiger partial charge in [-0.2, -0.15) is 0 Å². The van der Waals surface area contributed by atoms with Crippen LogP contribution in [-0.2, 0) is 0 Å². The number of likely N-dealkylation sites (tertiary alicyclic amines) is 2. The Morgan fingerprint density at radius 3 is 1.50 bits per heavy atom. The summed E-state index contributed by atoms with van der Waals surface area (Å²) in [5, 5.41) is 5.91. The zero-order valence-corrected chi connectivity index (χ0v) is 12.7. The lowest BCUT2D eigenvalue weighted by Gasteiger charge is -2.27. The molecule has 2 aliphatic heterocycles. The number of urea groups is 1. The Labute approximate surface area is 123 Å². The zero-order chi connectivity index (χ0) is 14.0. The molecule has 0 saturated carbocycles. The largest absolute Gasteiger partial charge is 0.337 e. The van der Waals surface area contributed by atoms with Gasteiger partial charge in [-0.05, 0) is 51.9 Å². The summed E-state index contributed by atoms with van der Waals surface area (Å²) in [6.45, 7) is 8.26. The second-order valence-electron chi connectivity index (χ2n) is 5.99. The highest BCUT2D eigenvalue weighted by molar-refractivity contribution is 5.73. The van der Waals surface area contributed by atoms with Gasteiger partial charge in [0.15, 0.2) is 0 Å². The molecule has 2 rings (SSSR count). The normalized spacial score (nSPS) is 21.6. The Hall–Kier alpha value is -0.810. The van der Waals surface area contributed by atoms with Crippen LogP contribution < -0.4 is 10.6 Å². The van der Waals surface area contributed by atoms with Crippen LogP contribution in [0.4, 0.5) is 4.79 Å². The second kappa shape index (κ2) is 9.19. The van der Waals surface area contributed by atoms with Crippen LogP contribution in [0.15, 0.2) is 0 Å². The minimum absolute atomic E-state index is 0.0148. The highest BCUT2D eigenvalue weighted by atomic mass is 16.2. The van der Waals surface area contributed by atoms with E-state index < -0.39 is 0 Å². The Bertz CT molecular complexity index is 247. The fraction of sp³-hybridized carbons (Fsp3) is 0.933. The molecule has 2 saturated heterocycles. The van der Waals surface area contributed by atoms with Gasteiger partial charge in [-0.25, -0.2) is 4.79 Å². The molecule has 2 aliphatic rings. The number of nitrogens with one attached hydrogen (secondary N) is 2. The molecule has 2 amide bonds. The van der Waals surface area contributed by atoms with Gasteiger partial charge >= 0.3 is 6.03 Å². The molecule has 0 unspecified atom stereocenters. The average Bonchev–Trinajstić information content (AvgIpc) is 2.49. The van der Waals surface area contributed by atoms with Crippen molar-refractivity contribution in [3.8, 4) is 0 Å². The number of piperidine rings is 2. The van der Waals surface area contributed by atoms with Crippen molar-refractivity contribution >= 4 is 6.03 Å². The molecule has 0 aromatic rings. The van der Waals surface area contributed by atoms with Gasteiger partial charge < -0.3 is 20.4 Å². The molecular weight excluding hydrogens is 252 g/mol. The molecule has 0 spiro atoms. The van der Waals surface area contributed by atoms with Gasteiger partial charge in [0.1, 0.15) is 0 Å². The van der Waals surface area contributed by atoms with E-state index in [2.05, 4.69) is 20.4 Å². The fourth-order valence-corrected chi connectivity index (χ4v) is 3.08. The molecule has 2 N–H and O–H groups in total. The van der Waals surface area contributed by atoms with Crippen molar-refractivity contribution in [2.75, 3.05) is 52.4 Å². The van der Waals surface area contributed by atoms with E-state index in [1.807, 2.05) is 0 Å².